The third kappa shape index (κ3) is 3.05. The number of hydrogen-bond acceptors (Lipinski definition) is 3. The molecule has 1 aromatic carbocycles. The molecule has 5 heteroatoms. The Bertz CT molecular complexity index is 476. The molecule has 0 atom stereocenters. The molecule has 0 spiro atoms. The quantitative estimate of drug-likeness (QED) is 0.906. The molecule has 0 radical (unpaired) electrons. The van der Waals surface area contributed by atoms with Crippen LogP contribution in [0.4, 0.5) is 0 Å². The third-order valence-corrected chi connectivity index (χ3v) is 2.61. The molecule has 90 valence electrons. The van der Waals surface area contributed by atoms with E-state index >= 15 is 0 Å². The topological polar surface area (TPSA) is 42.7 Å². The molecule has 0 bridgehead atoms. The van der Waals surface area contributed by atoms with E-state index in [4.69, 9.17) is 11.6 Å². The van der Waals surface area contributed by atoms with E-state index in [9.17, 15) is 0 Å². The summed E-state index contributed by atoms with van der Waals surface area (Å²) in [6, 6.07) is 7.97. The number of halogens is 1. The van der Waals surface area contributed by atoms with Gasteiger partial charge in [-0.1, -0.05) is 25.4 Å². The second-order valence-electron chi connectivity index (χ2n) is 4.10. The first-order valence-electron chi connectivity index (χ1n) is 5.55. The van der Waals surface area contributed by atoms with E-state index in [0.29, 0.717) is 12.6 Å². The van der Waals surface area contributed by atoms with Crippen molar-refractivity contribution in [1.82, 2.24) is 20.1 Å². The zero-order valence-electron chi connectivity index (χ0n) is 9.89. The van der Waals surface area contributed by atoms with Crippen LogP contribution in [0.5, 0.6) is 0 Å². The lowest BCUT2D eigenvalue weighted by Crippen LogP contribution is -2.24. The molecule has 17 heavy (non-hydrogen) atoms. The van der Waals surface area contributed by atoms with Gasteiger partial charge in [-0.15, -0.1) is 0 Å². The Morgan fingerprint density at radius 3 is 2.65 bits per heavy atom. The number of rotatable bonds is 4. The van der Waals surface area contributed by atoms with Crippen molar-refractivity contribution >= 4 is 11.6 Å². The highest BCUT2D eigenvalue weighted by molar-refractivity contribution is 6.30. The number of nitrogens with one attached hydrogen (secondary N) is 1. The second kappa shape index (κ2) is 5.29. The Morgan fingerprint density at radius 1 is 1.29 bits per heavy atom. The predicted molar refractivity (Wildman–Crippen MR) is 68.3 cm³/mol. The standard InChI is InChI=1S/C12H15ClN4/c1-9(2)14-7-12-15-8-16-17(12)11-5-3-10(13)4-6-11/h3-6,8-9,14H,7H2,1-2H3. The van der Waals surface area contributed by atoms with Gasteiger partial charge in [0.25, 0.3) is 0 Å². The first kappa shape index (κ1) is 12.1. The molecule has 0 fully saturated rings. The maximum atomic E-state index is 5.86. The van der Waals surface area contributed by atoms with E-state index in [1.165, 1.54) is 0 Å². The van der Waals surface area contributed by atoms with Gasteiger partial charge in [0.1, 0.15) is 12.2 Å². The smallest absolute Gasteiger partial charge is 0.146 e. The molecule has 4 nitrogen and oxygen atoms in total. The van der Waals surface area contributed by atoms with E-state index in [0.717, 1.165) is 16.5 Å². The van der Waals surface area contributed by atoms with Crippen LogP contribution in [0, 0.1) is 0 Å². The fourth-order valence-electron chi connectivity index (χ4n) is 1.48. The summed E-state index contributed by atoms with van der Waals surface area (Å²) in [7, 11) is 0. The van der Waals surface area contributed by atoms with Crippen molar-refractivity contribution < 1.29 is 0 Å². The average Bonchev–Trinajstić information content (AvgIpc) is 2.75. The zero-order valence-corrected chi connectivity index (χ0v) is 10.6. The number of aromatic nitrogens is 3. The van der Waals surface area contributed by atoms with E-state index in [1.807, 2.05) is 28.9 Å². The Hall–Kier alpha value is -1.39. The average molecular weight is 251 g/mol. The molecule has 0 aliphatic carbocycles. The SMILES string of the molecule is CC(C)NCc1ncnn1-c1ccc(Cl)cc1. The van der Waals surface area contributed by atoms with Crippen molar-refractivity contribution in [2.75, 3.05) is 0 Å². The van der Waals surface area contributed by atoms with Crippen molar-refractivity contribution in [3.8, 4) is 5.69 Å². The Kier molecular flexibility index (Phi) is 3.76. The molecule has 0 unspecified atom stereocenters. The maximum absolute atomic E-state index is 5.86. The van der Waals surface area contributed by atoms with Gasteiger partial charge in [0.2, 0.25) is 0 Å². The van der Waals surface area contributed by atoms with Gasteiger partial charge >= 0.3 is 0 Å². The van der Waals surface area contributed by atoms with Crippen LogP contribution in [-0.4, -0.2) is 20.8 Å². The van der Waals surface area contributed by atoms with E-state index < -0.39 is 0 Å². The minimum atomic E-state index is 0.422. The van der Waals surface area contributed by atoms with Crippen LogP contribution in [0.15, 0.2) is 30.6 Å². The van der Waals surface area contributed by atoms with Crippen LogP contribution in [0.3, 0.4) is 0 Å². The first-order chi connectivity index (χ1) is 8.16. The number of hydrogen-bond donors (Lipinski definition) is 1. The fourth-order valence-corrected chi connectivity index (χ4v) is 1.61. The molecule has 2 rings (SSSR count). The molecule has 2 aromatic rings. The number of nitrogens with zero attached hydrogens (tertiary/aromatic N) is 3. The van der Waals surface area contributed by atoms with E-state index in [-0.39, 0.29) is 0 Å². The lowest BCUT2D eigenvalue weighted by Gasteiger charge is -2.09. The van der Waals surface area contributed by atoms with E-state index in [1.54, 1.807) is 6.33 Å². The van der Waals surface area contributed by atoms with Crippen LogP contribution in [0.2, 0.25) is 5.02 Å². The predicted octanol–water partition coefficient (Wildman–Crippen LogP) is 2.42. The molecule has 1 heterocycles. The maximum Gasteiger partial charge on any atom is 0.146 e. The minimum absolute atomic E-state index is 0.422. The first-order valence-corrected chi connectivity index (χ1v) is 5.93. The summed E-state index contributed by atoms with van der Waals surface area (Å²) < 4.78 is 1.81. The van der Waals surface area contributed by atoms with Crippen LogP contribution in [-0.2, 0) is 6.54 Å². The van der Waals surface area contributed by atoms with Gasteiger partial charge in [-0.05, 0) is 24.3 Å². The normalized spacial score (nSPS) is 11.1. The molecule has 0 saturated carbocycles. The second-order valence-corrected chi connectivity index (χ2v) is 4.54. The molecular weight excluding hydrogens is 236 g/mol. The molecular formula is C12H15ClN4. The van der Waals surface area contributed by atoms with E-state index in [2.05, 4.69) is 29.2 Å². The zero-order chi connectivity index (χ0) is 12.3. The summed E-state index contributed by atoms with van der Waals surface area (Å²) in [5.74, 6) is 0.890. The van der Waals surface area contributed by atoms with Gasteiger partial charge < -0.3 is 5.32 Å². The monoisotopic (exact) mass is 250 g/mol. The minimum Gasteiger partial charge on any atom is -0.308 e. The summed E-state index contributed by atoms with van der Waals surface area (Å²) in [5.41, 5.74) is 0.965. The highest BCUT2D eigenvalue weighted by Crippen LogP contribution is 2.13. The van der Waals surface area contributed by atoms with Gasteiger partial charge in [-0.3, -0.25) is 0 Å². The van der Waals surface area contributed by atoms with Crippen molar-refractivity contribution in [3.05, 3.63) is 41.4 Å². The van der Waals surface area contributed by atoms with Gasteiger partial charge in [0.05, 0.1) is 12.2 Å². The third-order valence-electron chi connectivity index (χ3n) is 2.36. The Labute approximate surface area is 106 Å². The highest BCUT2D eigenvalue weighted by Gasteiger charge is 2.06. The lowest BCUT2D eigenvalue weighted by molar-refractivity contribution is 0.563. The summed E-state index contributed by atoms with van der Waals surface area (Å²) in [6.07, 6.45) is 1.56. The van der Waals surface area contributed by atoms with Crippen LogP contribution >= 0.6 is 11.6 Å². The van der Waals surface area contributed by atoms with Crippen LogP contribution < -0.4 is 5.32 Å². The number of benzene rings is 1. The van der Waals surface area contributed by atoms with Gasteiger partial charge in [-0.25, -0.2) is 9.67 Å². The Morgan fingerprint density at radius 2 is 2.00 bits per heavy atom. The molecule has 1 aromatic heterocycles. The van der Waals surface area contributed by atoms with Crippen LogP contribution in [0.25, 0.3) is 5.69 Å². The van der Waals surface area contributed by atoms with Crippen molar-refractivity contribution in [3.63, 3.8) is 0 Å². The lowest BCUT2D eigenvalue weighted by atomic mass is 10.3. The van der Waals surface area contributed by atoms with Crippen molar-refractivity contribution in [2.45, 2.75) is 26.4 Å². The molecule has 0 aliphatic rings. The molecule has 1 N–H and O–H groups in total. The summed E-state index contributed by atoms with van der Waals surface area (Å²) in [4.78, 5) is 4.24. The Balaban J connectivity index is 2.21. The fraction of sp³-hybridized carbons (Fsp3) is 0.333. The highest BCUT2D eigenvalue weighted by atomic mass is 35.5. The van der Waals surface area contributed by atoms with Crippen LogP contribution in [0.1, 0.15) is 19.7 Å². The largest absolute Gasteiger partial charge is 0.308 e. The van der Waals surface area contributed by atoms with Gasteiger partial charge in [0, 0.05) is 11.1 Å². The molecule has 0 aliphatic heterocycles. The molecule has 0 saturated heterocycles. The summed E-state index contributed by atoms with van der Waals surface area (Å²) >= 11 is 5.86. The van der Waals surface area contributed by atoms with Gasteiger partial charge in [-0.2, -0.15) is 5.10 Å². The van der Waals surface area contributed by atoms with Gasteiger partial charge in [0.15, 0.2) is 0 Å². The van der Waals surface area contributed by atoms with Crippen molar-refractivity contribution in [1.29, 1.82) is 0 Å². The molecule has 0 amide bonds. The summed E-state index contributed by atoms with van der Waals surface area (Å²) in [5, 5.41) is 8.25. The van der Waals surface area contributed by atoms with Crippen molar-refractivity contribution in [2.24, 2.45) is 0 Å². The summed E-state index contributed by atoms with van der Waals surface area (Å²) in [6.45, 7) is 4.90.